The number of hydrogen-bond donors (Lipinski definition) is 2. The summed E-state index contributed by atoms with van der Waals surface area (Å²) >= 11 is 0. The zero-order chi connectivity index (χ0) is 14.2. The highest BCUT2D eigenvalue weighted by atomic mass is 15.2. The first-order valence-electron chi connectivity index (χ1n) is 8.14. The third kappa shape index (κ3) is 2.45. The van der Waals surface area contributed by atoms with Gasteiger partial charge in [0.15, 0.2) is 0 Å². The van der Waals surface area contributed by atoms with Gasteiger partial charge in [-0.3, -0.25) is 16.3 Å². The number of nitrogens with one attached hydrogen (secondary N) is 1. The van der Waals surface area contributed by atoms with Gasteiger partial charge in [0, 0.05) is 17.6 Å². The molecule has 2 aliphatic carbocycles. The molecule has 3 nitrogen and oxygen atoms in total. The highest BCUT2D eigenvalue weighted by Gasteiger charge is 2.40. The van der Waals surface area contributed by atoms with Crippen molar-refractivity contribution in [1.82, 2.24) is 10.4 Å². The van der Waals surface area contributed by atoms with Crippen molar-refractivity contribution < 1.29 is 0 Å². The molecule has 2 aliphatic rings. The van der Waals surface area contributed by atoms with Gasteiger partial charge in [0.2, 0.25) is 0 Å². The molecule has 110 valence electrons. The van der Waals surface area contributed by atoms with Crippen LogP contribution in [0.2, 0.25) is 0 Å². The van der Waals surface area contributed by atoms with Gasteiger partial charge in [-0.15, -0.1) is 0 Å². The van der Waals surface area contributed by atoms with Crippen LogP contribution in [0.25, 0.3) is 10.9 Å². The minimum atomic E-state index is 0.228. The average molecular weight is 281 g/mol. The number of hydrazine groups is 1. The van der Waals surface area contributed by atoms with Crippen LogP contribution in [0.5, 0.6) is 0 Å². The second kappa shape index (κ2) is 5.39. The number of rotatable bonds is 4. The summed E-state index contributed by atoms with van der Waals surface area (Å²) in [4.78, 5) is 4.58. The fourth-order valence-corrected chi connectivity index (χ4v) is 4.55. The van der Waals surface area contributed by atoms with Gasteiger partial charge in [0.25, 0.3) is 0 Å². The predicted molar refractivity (Wildman–Crippen MR) is 85.4 cm³/mol. The van der Waals surface area contributed by atoms with E-state index in [2.05, 4.69) is 34.7 Å². The smallest absolute Gasteiger partial charge is 0.0702 e. The Morgan fingerprint density at radius 1 is 1.24 bits per heavy atom. The summed E-state index contributed by atoms with van der Waals surface area (Å²) in [5, 5.41) is 1.20. The van der Waals surface area contributed by atoms with Crippen molar-refractivity contribution >= 4 is 10.9 Å². The van der Waals surface area contributed by atoms with E-state index in [9.17, 15) is 0 Å². The third-order valence-electron chi connectivity index (χ3n) is 5.64. The van der Waals surface area contributed by atoms with Crippen molar-refractivity contribution in [2.45, 2.75) is 38.1 Å². The Balaban J connectivity index is 1.56. The summed E-state index contributed by atoms with van der Waals surface area (Å²) in [5.41, 5.74) is 5.30. The summed E-state index contributed by atoms with van der Waals surface area (Å²) in [5.74, 6) is 8.63. The van der Waals surface area contributed by atoms with E-state index in [1.807, 2.05) is 12.3 Å². The van der Waals surface area contributed by atoms with Crippen molar-refractivity contribution in [3.63, 3.8) is 0 Å². The maximum Gasteiger partial charge on any atom is 0.0702 e. The highest BCUT2D eigenvalue weighted by molar-refractivity contribution is 5.78. The van der Waals surface area contributed by atoms with Crippen LogP contribution in [0.15, 0.2) is 36.5 Å². The van der Waals surface area contributed by atoms with E-state index < -0.39 is 0 Å². The molecule has 3 N–H and O–H groups in total. The molecule has 2 aromatic rings. The average Bonchev–Trinajstić information content (AvgIpc) is 3.15. The Kier molecular flexibility index (Phi) is 3.40. The van der Waals surface area contributed by atoms with Crippen LogP contribution >= 0.6 is 0 Å². The molecule has 2 bridgehead atoms. The number of nitrogens with two attached hydrogens (primary N) is 1. The van der Waals surface area contributed by atoms with Gasteiger partial charge in [0.1, 0.15) is 0 Å². The molecule has 0 aliphatic heterocycles. The van der Waals surface area contributed by atoms with Crippen LogP contribution in [0.3, 0.4) is 0 Å². The topological polar surface area (TPSA) is 50.9 Å². The van der Waals surface area contributed by atoms with Crippen molar-refractivity contribution in [1.29, 1.82) is 0 Å². The Morgan fingerprint density at radius 3 is 2.90 bits per heavy atom. The van der Waals surface area contributed by atoms with Crippen LogP contribution in [0.4, 0.5) is 0 Å². The number of pyridine rings is 1. The fraction of sp³-hybridized carbons (Fsp3) is 0.500. The molecule has 1 aromatic carbocycles. The molecule has 3 heteroatoms. The third-order valence-corrected chi connectivity index (χ3v) is 5.64. The van der Waals surface area contributed by atoms with E-state index in [0.717, 1.165) is 29.7 Å². The molecule has 0 spiro atoms. The van der Waals surface area contributed by atoms with E-state index in [1.165, 1.54) is 36.6 Å². The Morgan fingerprint density at radius 2 is 2.14 bits per heavy atom. The van der Waals surface area contributed by atoms with E-state index in [4.69, 9.17) is 5.84 Å². The largest absolute Gasteiger partial charge is 0.271 e. The standard InChI is InChI=1S/C18H23N3/c19-21-18(10-15-8-12-5-6-13(15)7-12)16-9-14-3-1-2-4-17(14)20-11-16/h1-4,9,11-13,15,18,21H,5-8,10,19H2. The lowest BCUT2D eigenvalue weighted by atomic mass is 9.83. The molecule has 4 rings (SSSR count). The zero-order valence-electron chi connectivity index (χ0n) is 12.3. The minimum Gasteiger partial charge on any atom is -0.271 e. The molecule has 0 saturated heterocycles. The van der Waals surface area contributed by atoms with Gasteiger partial charge in [-0.25, -0.2) is 0 Å². The van der Waals surface area contributed by atoms with Crippen LogP contribution in [0.1, 0.15) is 43.7 Å². The Labute approximate surface area is 125 Å². The second-order valence-electron chi connectivity index (χ2n) is 6.85. The summed E-state index contributed by atoms with van der Waals surface area (Å²) < 4.78 is 0. The molecular weight excluding hydrogens is 258 g/mol. The second-order valence-corrected chi connectivity index (χ2v) is 6.85. The summed E-state index contributed by atoms with van der Waals surface area (Å²) in [6.07, 6.45) is 8.89. The van der Waals surface area contributed by atoms with Gasteiger partial charge >= 0.3 is 0 Å². The molecule has 0 radical (unpaired) electrons. The van der Waals surface area contributed by atoms with Gasteiger partial charge in [-0.05, 0) is 61.1 Å². The van der Waals surface area contributed by atoms with Crippen LogP contribution in [-0.4, -0.2) is 4.98 Å². The number of fused-ring (bicyclic) bond motifs is 3. The first-order valence-corrected chi connectivity index (χ1v) is 8.14. The van der Waals surface area contributed by atoms with Gasteiger partial charge in [-0.2, -0.15) is 0 Å². The van der Waals surface area contributed by atoms with Crippen LogP contribution < -0.4 is 11.3 Å². The van der Waals surface area contributed by atoms with Crippen molar-refractivity contribution in [2.24, 2.45) is 23.6 Å². The monoisotopic (exact) mass is 281 g/mol. The van der Waals surface area contributed by atoms with Crippen molar-refractivity contribution in [3.05, 3.63) is 42.1 Å². The lowest BCUT2D eigenvalue weighted by Crippen LogP contribution is -2.30. The maximum atomic E-state index is 5.85. The fourth-order valence-electron chi connectivity index (χ4n) is 4.55. The number of aromatic nitrogens is 1. The van der Waals surface area contributed by atoms with E-state index >= 15 is 0 Å². The molecule has 4 atom stereocenters. The molecule has 1 aromatic heterocycles. The predicted octanol–water partition coefficient (Wildman–Crippen LogP) is 3.57. The number of hydrogen-bond acceptors (Lipinski definition) is 3. The zero-order valence-corrected chi connectivity index (χ0v) is 12.3. The lowest BCUT2D eigenvalue weighted by Gasteiger charge is -2.26. The molecular formula is C18H23N3. The number of para-hydroxylation sites is 1. The summed E-state index contributed by atoms with van der Waals surface area (Å²) in [7, 11) is 0. The first kappa shape index (κ1) is 13.2. The molecule has 2 saturated carbocycles. The minimum absolute atomic E-state index is 0.228. The van der Waals surface area contributed by atoms with Crippen LogP contribution in [-0.2, 0) is 0 Å². The highest BCUT2D eigenvalue weighted by Crippen LogP contribution is 2.50. The number of benzene rings is 1. The first-order chi connectivity index (χ1) is 10.3. The van der Waals surface area contributed by atoms with E-state index in [0.29, 0.717) is 0 Å². The van der Waals surface area contributed by atoms with Crippen LogP contribution in [0, 0.1) is 17.8 Å². The normalized spacial score (nSPS) is 29.1. The molecule has 2 fully saturated rings. The van der Waals surface area contributed by atoms with E-state index in [-0.39, 0.29) is 6.04 Å². The SMILES string of the molecule is NNC(CC1CC2CCC1C2)c1cnc2ccccc2c1. The molecule has 0 amide bonds. The maximum absolute atomic E-state index is 5.85. The Hall–Kier alpha value is -1.45. The van der Waals surface area contributed by atoms with E-state index in [1.54, 1.807) is 0 Å². The van der Waals surface area contributed by atoms with Crippen molar-refractivity contribution in [3.8, 4) is 0 Å². The van der Waals surface area contributed by atoms with Crippen molar-refractivity contribution in [2.75, 3.05) is 0 Å². The molecule has 4 unspecified atom stereocenters. The molecule has 21 heavy (non-hydrogen) atoms. The number of nitrogens with zero attached hydrogens (tertiary/aromatic N) is 1. The quantitative estimate of drug-likeness (QED) is 0.665. The summed E-state index contributed by atoms with van der Waals surface area (Å²) in [6.45, 7) is 0. The Bertz CT molecular complexity index is 639. The van der Waals surface area contributed by atoms with Gasteiger partial charge < -0.3 is 0 Å². The van der Waals surface area contributed by atoms with Gasteiger partial charge in [0.05, 0.1) is 5.52 Å². The summed E-state index contributed by atoms with van der Waals surface area (Å²) in [6, 6.07) is 10.7. The lowest BCUT2D eigenvalue weighted by molar-refractivity contribution is 0.280. The molecule has 1 heterocycles. The van der Waals surface area contributed by atoms with Gasteiger partial charge in [-0.1, -0.05) is 24.6 Å².